The molecule has 148 valence electrons. The molecule has 3 rings (SSSR count). The summed E-state index contributed by atoms with van der Waals surface area (Å²) >= 11 is 0. The Bertz CT molecular complexity index is 1250. The number of carbonyl (C=O) groups is 2. The number of ketones is 1. The molecule has 30 heavy (non-hydrogen) atoms. The van der Waals surface area contributed by atoms with E-state index < -0.39 is 33.3 Å². The van der Waals surface area contributed by atoms with Gasteiger partial charge in [-0.3, -0.25) is 34.8 Å². The fourth-order valence-corrected chi connectivity index (χ4v) is 2.60. The molecule has 0 fully saturated rings. The number of nitrogens with one attached hydrogen (secondary N) is 1. The molecule has 0 aliphatic rings. The molecule has 0 aliphatic carbocycles. The Hall–Kier alpha value is -4.79. The monoisotopic (exact) mass is 406 g/mol. The second-order valence-electron chi connectivity index (χ2n) is 5.89. The lowest BCUT2D eigenvalue weighted by Gasteiger charge is -2.10. The van der Waals surface area contributed by atoms with E-state index in [-0.39, 0.29) is 28.0 Å². The summed E-state index contributed by atoms with van der Waals surface area (Å²) < 4.78 is 0. The van der Waals surface area contributed by atoms with Gasteiger partial charge in [-0.1, -0.05) is 12.1 Å². The van der Waals surface area contributed by atoms with Gasteiger partial charge >= 0.3 is 6.04 Å². The zero-order chi connectivity index (χ0) is 21.8. The van der Waals surface area contributed by atoms with Gasteiger partial charge in [0.05, 0.1) is 33.4 Å². The van der Waals surface area contributed by atoms with Crippen LogP contribution in [0.3, 0.4) is 0 Å². The molecule has 3 aromatic rings. The predicted molar refractivity (Wildman–Crippen MR) is 101 cm³/mol. The maximum absolute atomic E-state index is 12.5. The summed E-state index contributed by atoms with van der Waals surface area (Å²) in [6, 6.07) is 8.99. The third-order valence-corrected chi connectivity index (χ3v) is 4.01. The largest absolute Gasteiger partial charge is 0.322 e. The number of anilines is 1. The Morgan fingerprint density at radius 2 is 1.83 bits per heavy atom. The molecular weight excluding hydrogens is 396 g/mol. The second kappa shape index (κ2) is 8.07. The van der Waals surface area contributed by atoms with Gasteiger partial charge in [0, 0.05) is 17.1 Å². The van der Waals surface area contributed by atoms with Crippen LogP contribution in [-0.2, 0) is 9.59 Å². The number of nitrogens with zero attached hydrogens (tertiary/aromatic N) is 5. The van der Waals surface area contributed by atoms with Crippen LogP contribution >= 0.6 is 0 Å². The van der Waals surface area contributed by atoms with Gasteiger partial charge < -0.3 is 5.32 Å². The first kappa shape index (κ1) is 20.0. The average molecular weight is 406 g/mol. The van der Waals surface area contributed by atoms with Crippen LogP contribution in [0.15, 0.2) is 48.7 Å². The highest BCUT2D eigenvalue weighted by molar-refractivity contribution is 6.42. The Morgan fingerprint density at radius 3 is 2.50 bits per heavy atom. The van der Waals surface area contributed by atoms with E-state index in [9.17, 15) is 29.8 Å². The van der Waals surface area contributed by atoms with Crippen LogP contribution in [0.25, 0.3) is 11.0 Å². The molecule has 12 heteroatoms. The lowest BCUT2D eigenvalue weighted by Crippen LogP contribution is -2.33. The first-order valence-electron chi connectivity index (χ1n) is 8.20. The molecule has 0 radical (unpaired) electrons. The molecule has 0 bridgehead atoms. The average Bonchev–Trinajstić information content (AvgIpc) is 2.73. The van der Waals surface area contributed by atoms with Crippen LogP contribution in [-0.4, -0.2) is 31.5 Å². The Morgan fingerprint density at radius 1 is 1.10 bits per heavy atom. The highest BCUT2D eigenvalue weighted by atomic mass is 16.6. The molecule has 1 heterocycles. The van der Waals surface area contributed by atoms with Gasteiger partial charge in [-0.15, -0.1) is 0 Å². The molecule has 1 atom stereocenters. The summed E-state index contributed by atoms with van der Waals surface area (Å²) in [5, 5.41) is 33.6. The molecule has 0 aliphatic heterocycles. The van der Waals surface area contributed by atoms with E-state index in [2.05, 4.69) is 15.3 Å². The van der Waals surface area contributed by atoms with E-state index in [1.54, 1.807) is 6.07 Å². The number of benzene rings is 2. The fourth-order valence-electron chi connectivity index (χ4n) is 2.60. The summed E-state index contributed by atoms with van der Waals surface area (Å²) in [5.74, 6) is -2.76. The number of aromatic nitrogens is 2. The lowest BCUT2D eigenvalue weighted by molar-refractivity contribution is -0.513. The minimum Gasteiger partial charge on any atom is -0.318 e. The number of hydrogen-bond acceptors (Lipinski definition) is 9. The fraction of sp³-hybridized carbons (Fsp3) is 0.0556. The quantitative estimate of drug-likeness (QED) is 0.363. The first-order chi connectivity index (χ1) is 14.3. The van der Waals surface area contributed by atoms with E-state index in [1.165, 1.54) is 30.3 Å². The highest BCUT2D eigenvalue weighted by Gasteiger charge is 2.39. The van der Waals surface area contributed by atoms with Crippen molar-refractivity contribution in [2.24, 2.45) is 0 Å². The van der Waals surface area contributed by atoms with Gasteiger partial charge in [-0.25, -0.2) is 4.98 Å². The minimum absolute atomic E-state index is 0.0145. The van der Waals surface area contributed by atoms with Crippen molar-refractivity contribution in [1.29, 1.82) is 5.26 Å². The SMILES string of the molecule is N#Cc1ccccc1NC(=O)C(=O)[C@@H](c1cnc2ccc([N+](=O)[O-])cc2n1)[N+](=O)[O-]. The van der Waals surface area contributed by atoms with E-state index >= 15 is 0 Å². The Labute approximate surface area is 167 Å². The number of nitro benzene ring substituents is 1. The number of para-hydroxylation sites is 1. The number of rotatable bonds is 6. The minimum atomic E-state index is -2.18. The van der Waals surface area contributed by atoms with Crippen molar-refractivity contribution in [2.75, 3.05) is 5.32 Å². The first-order valence-corrected chi connectivity index (χ1v) is 8.20. The lowest BCUT2D eigenvalue weighted by atomic mass is 10.1. The topological polar surface area (TPSA) is 182 Å². The molecule has 0 spiro atoms. The summed E-state index contributed by atoms with van der Waals surface area (Å²) in [4.78, 5) is 53.4. The molecule has 0 saturated carbocycles. The van der Waals surface area contributed by atoms with E-state index in [4.69, 9.17) is 5.26 Å². The van der Waals surface area contributed by atoms with Crippen LogP contribution in [0.2, 0.25) is 0 Å². The number of carbonyl (C=O) groups excluding carboxylic acids is 2. The zero-order valence-electron chi connectivity index (χ0n) is 14.9. The van der Waals surface area contributed by atoms with Crippen LogP contribution in [0.4, 0.5) is 11.4 Å². The summed E-state index contributed by atoms with van der Waals surface area (Å²) in [7, 11) is 0. The van der Waals surface area contributed by atoms with Gasteiger partial charge in [0.25, 0.3) is 17.4 Å². The second-order valence-corrected chi connectivity index (χ2v) is 5.89. The van der Waals surface area contributed by atoms with Gasteiger partial charge in [0.2, 0.25) is 0 Å². The third kappa shape index (κ3) is 3.90. The molecule has 1 N–H and O–H groups in total. The van der Waals surface area contributed by atoms with Crippen molar-refractivity contribution in [3.05, 3.63) is 80.1 Å². The van der Waals surface area contributed by atoms with Crippen LogP contribution in [0.1, 0.15) is 17.3 Å². The van der Waals surface area contributed by atoms with Crippen LogP contribution < -0.4 is 5.32 Å². The van der Waals surface area contributed by atoms with Crippen molar-refractivity contribution < 1.29 is 19.4 Å². The van der Waals surface area contributed by atoms with Gasteiger partial charge in [0.1, 0.15) is 11.8 Å². The van der Waals surface area contributed by atoms with Crippen molar-refractivity contribution in [3.63, 3.8) is 0 Å². The van der Waals surface area contributed by atoms with Crippen LogP contribution in [0, 0.1) is 31.6 Å². The van der Waals surface area contributed by atoms with E-state index in [0.717, 1.165) is 12.3 Å². The molecule has 1 amide bonds. The Kier molecular flexibility index (Phi) is 5.37. The normalized spacial score (nSPS) is 11.3. The van der Waals surface area contributed by atoms with E-state index in [0.29, 0.717) is 0 Å². The van der Waals surface area contributed by atoms with Crippen LogP contribution in [0.5, 0.6) is 0 Å². The molecule has 0 unspecified atom stereocenters. The van der Waals surface area contributed by atoms with E-state index in [1.807, 2.05) is 6.07 Å². The number of nitriles is 1. The number of fused-ring (bicyclic) bond motifs is 1. The maximum Gasteiger partial charge on any atom is 0.322 e. The molecular formula is C18H10N6O6. The maximum atomic E-state index is 12.5. The molecule has 0 saturated heterocycles. The standard InChI is InChI=1S/C18H10N6O6/c19-8-10-3-1-2-4-12(10)22-18(26)17(25)16(24(29)30)15-9-20-13-6-5-11(23(27)28)7-14(13)21-15/h1-7,9,16H,(H,22,26)/t16-/m1/s1. The van der Waals surface area contributed by atoms with Gasteiger partial charge in [0.15, 0.2) is 0 Å². The summed E-state index contributed by atoms with van der Waals surface area (Å²) in [6.07, 6.45) is 0.954. The zero-order valence-corrected chi connectivity index (χ0v) is 14.9. The third-order valence-electron chi connectivity index (χ3n) is 4.01. The van der Waals surface area contributed by atoms with Crippen molar-refractivity contribution in [2.45, 2.75) is 6.04 Å². The predicted octanol–water partition coefficient (Wildman–Crippen LogP) is 1.94. The number of Topliss-reactive ketones (excluding diaryl/α,β-unsaturated/α-hetero) is 1. The van der Waals surface area contributed by atoms with Gasteiger partial charge in [-0.2, -0.15) is 5.26 Å². The number of amides is 1. The van der Waals surface area contributed by atoms with Crippen molar-refractivity contribution in [1.82, 2.24) is 9.97 Å². The smallest absolute Gasteiger partial charge is 0.318 e. The molecule has 12 nitrogen and oxygen atoms in total. The van der Waals surface area contributed by atoms with Gasteiger partial charge in [-0.05, 0) is 18.2 Å². The summed E-state index contributed by atoms with van der Waals surface area (Å²) in [5.41, 5.74) is -0.525. The summed E-state index contributed by atoms with van der Waals surface area (Å²) in [6.45, 7) is 0. The number of nitro groups is 2. The van der Waals surface area contributed by atoms with Crippen molar-refractivity contribution >= 4 is 34.1 Å². The molecule has 2 aromatic carbocycles. The number of hydrogen-bond donors (Lipinski definition) is 1. The highest BCUT2D eigenvalue weighted by Crippen LogP contribution is 2.22. The molecule has 1 aromatic heterocycles. The van der Waals surface area contributed by atoms with Crippen molar-refractivity contribution in [3.8, 4) is 6.07 Å². The number of non-ortho nitro benzene ring substituents is 1. The Balaban J connectivity index is 1.96.